The minimum atomic E-state index is -0.783. The van der Waals surface area contributed by atoms with Gasteiger partial charge in [-0.3, -0.25) is 4.79 Å². The number of ether oxygens (including phenoxy) is 1. The number of carbonyl (C=O) groups excluding carboxylic acids is 2. The van der Waals surface area contributed by atoms with Crippen molar-refractivity contribution in [1.29, 1.82) is 0 Å². The van der Waals surface area contributed by atoms with Crippen LogP contribution in [0.25, 0.3) is 0 Å². The first-order chi connectivity index (χ1) is 6.66. The second-order valence-electron chi connectivity index (χ2n) is 2.66. The molecule has 0 saturated carbocycles. The largest absolute Gasteiger partial charge is 0.419 e. The third kappa shape index (κ3) is 1.53. The predicted molar refractivity (Wildman–Crippen MR) is 47.3 cm³/mol. The fourth-order valence-electron chi connectivity index (χ4n) is 1.03. The molecule has 0 bridgehead atoms. The average molecular weight is 214 g/mol. The second-order valence-corrected chi connectivity index (χ2v) is 3.16. The summed E-state index contributed by atoms with van der Waals surface area (Å²) in [5.41, 5.74) is 0. The standard InChI is InChI=1S/C7H6N2O4S/c10-5-3-4(14)6(11)13-9-2-1-8-7(9)12-5/h1-2,7-8H,3H2. The lowest BCUT2D eigenvalue weighted by Crippen LogP contribution is -2.44. The van der Waals surface area contributed by atoms with Crippen LogP contribution in [-0.4, -0.2) is 28.2 Å². The van der Waals surface area contributed by atoms with Crippen molar-refractivity contribution in [2.24, 2.45) is 0 Å². The Morgan fingerprint density at radius 3 is 3.14 bits per heavy atom. The highest BCUT2D eigenvalue weighted by molar-refractivity contribution is 7.82. The van der Waals surface area contributed by atoms with Gasteiger partial charge >= 0.3 is 11.9 Å². The van der Waals surface area contributed by atoms with E-state index in [-0.39, 0.29) is 11.3 Å². The molecule has 14 heavy (non-hydrogen) atoms. The third-order valence-electron chi connectivity index (χ3n) is 1.66. The summed E-state index contributed by atoms with van der Waals surface area (Å²) in [6, 6.07) is 0. The van der Waals surface area contributed by atoms with Crippen LogP contribution in [0.15, 0.2) is 12.4 Å². The van der Waals surface area contributed by atoms with Crippen molar-refractivity contribution in [3.05, 3.63) is 12.4 Å². The monoisotopic (exact) mass is 214 g/mol. The Labute approximate surface area is 84.4 Å². The van der Waals surface area contributed by atoms with Crippen molar-refractivity contribution in [3.8, 4) is 0 Å². The highest BCUT2D eigenvalue weighted by Crippen LogP contribution is 2.12. The van der Waals surface area contributed by atoms with Crippen molar-refractivity contribution < 1.29 is 19.2 Å². The van der Waals surface area contributed by atoms with Gasteiger partial charge in [-0.15, -0.1) is 0 Å². The van der Waals surface area contributed by atoms with E-state index in [1.807, 2.05) is 0 Å². The van der Waals surface area contributed by atoms with Crippen molar-refractivity contribution in [1.82, 2.24) is 10.4 Å². The van der Waals surface area contributed by atoms with Crippen molar-refractivity contribution in [3.63, 3.8) is 0 Å². The number of nitrogens with zero attached hydrogens (tertiary/aromatic N) is 1. The summed E-state index contributed by atoms with van der Waals surface area (Å²) in [6.45, 7) is 0. The minimum Gasteiger partial charge on any atom is -0.419 e. The number of rotatable bonds is 0. The van der Waals surface area contributed by atoms with Crippen LogP contribution >= 0.6 is 12.2 Å². The SMILES string of the molecule is O=C1CC(=S)C(=O)ON2C=CNC2O1. The summed E-state index contributed by atoms with van der Waals surface area (Å²) in [5, 5.41) is 3.76. The van der Waals surface area contributed by atoms with E-state index < -0.39 is 18.3 Å². The van der Waals surface area contributed by atoms with E-state index in [0.29, 0.717) is 0 Å². The second kappa shape index (κ2) is 3.26. The maximum absolute atomic E-state index is 11.2. The van der Waals surface area contributed by atoms with Crippen LogP contribution < -0.4 is 5.32 Å². The molecular weight excluding hydrogens is 208 g/mol. The van der Waals surface area contributed by atoms with E-state index in [1.54, 1.807) is 0 Å². The van der Waals surface area contributed by atoms with E-state index in [1.165, 1.54) is 12.4 Å². The molecule has 0 spiro atoms. The van der Waals surface area contributed by atoms with Gasteiger partial charge in [0.2, 0.25) is 0 Å². The zero-order chi connectivity index (χ0) is 10.1. The smallest absolute Gasteiger partial charge is 0.370 e. The van der Waals surface area contributed by atoms with Gasteiger partial charge in [-0.1, -0.05) is 12.2 Å². The normalized spacial score (nSPS) is 25.9. The Morgan fingerprint density at radius 2 is 2.36 bits per heavy atom. The van der Waals surface area contributed by atoms with Gasteiger partial charge in [0.05, 0.1) is 12.6 Å². The molecule has 1 fully saturated rings. The third-order valence-corrected chi connectivity index (χ3v) is 1.97. The molecule has 1 unspecified atom stereocenters. The van der Waals surface area contributed by atoms with Gasteiger partial charge in [0.1, 0.15) is 4.86 Å². The van der Waals surface area contributed by atoms with E-state index in [9.17, 15) is 9.59 Å². The van der Waals surface area contributed by atoms with E-state index >= 15 is 0 Å². The van der Waals surface area contributed by atoms with E-state index in [4.69, 9.17) is 9.57 Å². The van der Waals surface area contributed by atoms with Crippen LogP contribution in [0.5, 0.6) is 0 Å². The molecular formula is C7H6N2O4S. The molecule has 0 radical (unpaired) electrons. The lowest BCUT2D eigenvalue weighted by molar-refractivity contribution is -0.218. The van der Waals surface area contributed by atoms with Gasteiger partial charge in [0.25, 0.3) is 6.35 Å². The lowest BCUT2D eigenvalue weighted by Gasteiger charge is -2.25. The first kappa shape index (κ1) is 8.95. The van der Waals surface area contributed by atoms with Crippen LogP contribution in [0, 0.1) is 0 Å². The molecule has 1 saturated heterocycles. The first-order valence-corrected chi connectivity index (χ1v) is 4.23. The molecule has 0 amide bonds. The molecule has 0 aliphatic carbocycles. The predicted octanol–water partition coefficient (Wildman–Crippen LogP) is -0.579. The molecule has 2 heterocycles. The number of nitrogens with one attached hydrogen (secondary N) is 1. The maximum atomic E-state index is 11.2. The van der Waals surface area contributed by atoms with Crippen LogP contribution in [-0.2, 0) is 19.2 Å². The average Bonchev–Trinajstić information content (AvgIpc) is 2.50. The lowest BCUT2D eigenvalue weighted by atomic mass is 10.3. The molecule has 1 N–H and O–H groups in total. The number of thiocarbonyl (C=S) groups is 1. The zero-order valence-electron chi connectivity index (χ0n) is 6.93. The molecule has 1 atom stereocenters. The molecule has 0 aromatic carbocycles. The molecule has 7 heteroatoms. The Balaban J connectivity index is 2.18. The summed E-state index contributed by atoms with van der Waals surface area (Å²) in [5.74, 6) is -1.26. The summed E-state index contributed by atoms with van der Waals surface area (Å²) < 4.78 is 4.88. The number of hydroxylamine groups is 2. The van der Waals surface area contributed by atoms with Crippen LogP contribution in [0.1, 0.15) is 6.42 Å². The number of fused-ring (bicyclic) bond motifs is 1. The van der Waals surface area contributed by atoms with Gasteiger partial charge in [-0.25, -0.2) is 4.79 Å². The highest BCUT2D eigenvalue weighted by atomic mass is 32.1. The topological polar surface area (TPSA) is 67.9 Å². The summed E-state index contributed by atoms with van der Waals surface area (Å²) in [4.78, 5) is 27.0. The summed E-state index contributed by atoms with van der Waals surface area (Å²) in [6.07, 6.45) is 1.93. The molecule has 2 aliphatic heterocycles. The highest BCUT2D eigenvalue weighted by Gasteiger charge is 2.31. The van der Waals surface area contributed by atoms with Crippen LogP contribution in [0.3, 0.4) is 0 Å². The van der Waals surface area contributed by atoms with Crippen LogP contribution in [0.2, 0.25) is 0 Å². The quantitative estimate of drug-likeness (QED) is 0.427. The number of hydrogen-bond acceptors (Lipinski definition) is 7. The van der Waals surface area contributed by atoms with E-state index in [0.717, 1.165) is 5.06 Å². The Hall–Kier alpha value is -1.63. The van der Waals surface area contributed by atoms with Gasteiger partial charge in [-0.2, -0.15) is 5.06 Å². The number of carbonyl (C=O) groups is 2. The summed E-state index contributed by atoms with van der Waals surface area (Å²) >= 11 is 4.67. The Kier molecular flexibility index (Phi) is 2.08. The fourth-order valence-corrected chi connectivity index (χ4v) is 1.19. The first-order valence-electron chi connectivity index (χ1n) is 3.82. The molecule has 2 aliphatic rings. The summed E-state index contributed by atoms with van der Waals surface area (Å²) in [7, 11) is 0. The molecule has 2 rings (SSSR count). The van der Waals surface area contributed by atoms with Crippen molar-refractivity contribution in [2.45, 2.75) is 12.8 Å². The number of hydrogen-bond donors (Lipinski definition) is 1. The maximum Gasteiger partial charge on any atom is 0.370 e. The van der Waals surface area contributed by atoms with Crippen molar-refractivity contribution in [2.75, 3.05) is 0 Å². The Bertz CT molecular complexity index is 341. The van der Waals surface area contributed by atoms with Gasteiger partial charge in [0.15, 0.2) is 0 Å². The van der Waals surface area contributed by atoms with E-state index in [2.05, 4.69) is 17.5 Å². The fraction of sp³-hybridized carbons (Fsp3) is 0.286. The van der Waals surface area contributed by atoms with Crippen LogP contribution in [0.4, 0.5) is 0 Å². The van der Waals surface area contributed by atoms with Gasteiger partial charge < -0.3 is 14.9 Å². The van der Waals surface area contributed by atoms with Gasteiger partial charge in [-0.05, 0) is 0 Å². The Morgan fingerprint density at radius 1 is 1.57 bits per heavy atom. The molecule has 6 nitrogen and oxygen atoms in total. The zero-order valence-corrected chi connectivity index (χ0v) is 7.74. The minimum absolute atomic E-state index is 0.0891. The van der Waals surface area contributed by atoms with Crippen molar-refractivity contribution >= 4 is 29.0 Å². The molecule has 0 aromatic heterocycles. The van der Waals surface area contributed by atoms with Gasteiger partial charge in [0, 0.05) is 6.20 Å². The number of esters is 1. The molecule has 74 valence electrons. The molecule has 0 aromatic rings.